The fourth-order valence-corrected chi connectivity index (χ4v) is 3.08. The minimum Gasteiger partial charge on any atom is -0.455 e. The topological polar surface area (TPSA) is 70.5 Å². The first kappa shape index (κ1) is 23.7. The lowest BCUT2D eigenvalue weighted by Crippen LogP contribution is -2.08. The molecule has 0 amide bonds. The van der Waals surface area contributed by atoms with Crippen LogP contribution in [-0.4, -0.2) is 0 Å². The third kappa shape index (κ3) is 5.25. The number of halogens is 8. The lowest BCUT2D eigenvalue weighted by Gasteiger charge is -2.18. The summed E-state index contributed by atoms with van der Waals surface area (Å²) in [7, 11) is 0. The molecule has 0 fully saturated rings. The van der Waals surface area contributed by atoms with Gasteiger partial charge in [0, 0.05) is 17.4 Å². The first-order valence-electron chi connectivity index (χ1n) is 8.54. The number of rotatable bonds is 4. The number of hydrogen-bond donors (Lipinski definition) is 2. The van der Waals surface area contributed by atoms with Crippen LogP contribution >= 0.6 is 23.2 Å². The second kappa shape index (κ2) is 8.51. The maximum absolute atomic E-state index is 13.3. The van der Waals surface area contributed by atoms with E-state index in [0.717, 1.165) is 24.3 Å². The Hall–Kier alpha value is -2.98. The number of alkyl halides is 6. The molecular weight excluding hydrogens is 485 g/mol. The number of benzene rings is 3. The summed E-state index contributed by atoms with van der Waals surface area (Å²) in [6.07, 6.45) is -9.59. The Kier molecular flexibility index (Phi) is 6.30. The third-order valence-corrected chi connectivity index (χ3v) is 4.64. The van der Waals surface area contributed by atoms with E-state index < -0.39 is 35.0 Å². The van der Waals surface area contributed by atoms with E-state index in [1.54, 1.807) is 0 Å². The minimum absolute atomic E-state index is 0.154. The molecule has 0 aliphatic heterocycles. The Morgan fingerprint density at radius 2 is 0.938 bits per heavy atom. The molecule has 170 valence electrons. The van der Waals surface area contributed by atoms with E-state index in [0.29, 0.717) is 12.1 Å². The van der Waals surface area contributed by atoms with Crippen LogP contribution in [0.2, 0.25) is 10.0 Å². The molecule has 4 nitrogen and oxygen atoms in total. The van der Waals surface area contributed by atoms with Gasteiger partial charge in [-0.2, -0.15) is 26.3 Å². The molecule has 3 aromatic rings. The molecule has 0 aromatic heterocycles. The Bertz CT molecular complexity index is 1080. The van der Waals surface area contributed by atoms with Crippen molar-refractivity contribution in [2.75, 3.05) is 11.5 Å². The van der Waals surface area contributed by atoms with Crippen LogP contribution < -0.4 is 20.9 Å². The number of nitrogens with two attached hydrogens (primary N) is 2. The Labute approximate surface area is 187 Å². The number of ether oxygens (including phenoxy) is 2. The second-order valence-electron chi connectivity index (χ2n) is 6.42. The fourth-order valence-electron chi connectivity index (χ4n) is 2.62. The van der Waals surface area contributed by atoms with Crippen molar-refractivity contribution in [1.29, 1.82) is 0 Å². The maximum atomic E-state index is 13.3. The molecule has 32 heavy (non-hydrogen) atoms. The number of nitrogen functional groups attached to an aromatic ring is 2. The molecule has 0 heterocycles. The van der Waals surface area contributed by atoms with Gasteiger partial charge in [-0.05, 0) is 42.5 Å². The molecular formula is C20H12Cl2F6N2O2. The molecule has 4 N–H and O–H groups in total. The van der Waals surface area contributed by atoms with Gasteiger partial charge in [0.2, 0.25) is 0 Å². The van der Waals surface area contributed by atoms with Crippen LogP contribution in [0, 0.1) is 0 Å². The molecule has 0 saturated carbocycles. The first-order chi connectivity index (χ1) is 14.8. The predicted molar refractivity (Wildman–Crippen MR) is 108 cm³/mol. The lowest BCUT2D eigenvalue weighted by atomic mass is 10.1. The van der Waals surface area contributed by atoms with Crippen LogP contribution in [0.3, 0.4) is 0 Å². The molecule has 0 saturated heterocycles. The van der Waals surface area contributed by atoms with Crippen molar-refractivity contribution >= 4 is 34.6 Å². The maximum Gasteiger partial charge on any atom is 0.420 e. The third-order valence-electron chi connectivity index (χ3n) is 4.04. The molecule has 0 unspecified atom stereocenters. The highest BCUT2D eigenvalue weighted by Crippen LogP contribution is 2.45. The Morgan fingerprint density at radius 3 is 1.28 bits per heavy atom. The van der Waals surface area contributed by atoms with Gasteiger partial charge in [0.05, 0.1) is 10.0 Å². The van der Waals surface area contributed by atoms with Crippen molar-refractivity contribution < 1.29 is 35.8 Å². The fraction of sp³-hybridized carbons (Fsp3) is 0.100. The van der Waals surface area contributed by atoms with Crippen LogP contribution in [0.4, 0.5) is 37.7 Å². The molecule has 0 radical (unpaired) electrons. The van der Waals surface area contributed by atoms with E-state index in [1.165, 1.54) is 12.1 Å². The van der Waals surface area contributed by atoms with Gasteiger partial charge in [0.15, 0.2) is 0 Å². The van der Waals surface area contributed by atoms with E-state index in [2.05, 4.69) is 0 Å². The largest absolute Gasteiger partial charge is 0.455 e. The van der Waals surface area contributed by atoms with Gasteiger partial charge in [0.25, 0.3) is 0 Å². The summed E-state index contributed by atoms with van der Waals surface area (Å²) in [5.41, 5.74) is 8.17. The van der Waals surface area contributed by atoms with E-state index in [1.807, 2.05) is 0 Å². The average molecular weight is 497 g/mol. The smallest absolute Gasteiger partial charge is 0.420 e. The van der Waals surface area contributed by atoms with Crippen molar-refractivity contribution in [3.05, 3.63) is 69.7 Å². The van der Waals surface area contributed by atoms with Crippen molar-refractivity contribution in [2.45, 2.75) is 12.4 Å². The van der Waals surface area contributed by atoms with E-state index in [4.69, 9.17) is 44.1 Å². The van der Waals surface area contributed by atoms with Gasteiger partial charge >= 0.3 is 12.4 Å². The highest BCUT2D eigenvalue weighted by Gasteiger charge is 2.36. The van der Waals surface area contributed by atoms with Gasteiger partial charge < -0.3 is 20.9 Å². The normalized spacial score (nSPS) is 12.0. The predicted octanol–water partition coefficient (Wildman–Crippen LogP) is 7.78. The molecule has 0 aliphatic rings. The zero-order chi connectivity index (χ0) is 23.8. The minimum atomic E-state index is -4.80. The number of hydrogen-bond acceptors (Lipinski definition) is 4. The molecule has 0 aliphatic carbocycles. The quantitative estimate of drug-likeness (QED) is 0.285. The summed E-state index contributed by atoms with van der Waals surface area (Å²) in [5.74, 6) is -1.95. The van der Waals surface area contributed by atoms with Crippen molar-refractivity contribution in [1.82, 2.24) is 0 Å². The monoisotopic (exact) mass is 496 g/mol. The van der Waals surface area contributed by atoms with Crippen molar-refractivity contribution in [3.63, 3.8) is 0 Å². The SMILES string of the molecule is Nc1ccc(Oc2cc(Oc3ccc(N)cc3C(F)(F)F)c(Cl)cc2Cl)c(C(F)(F)F)c1. The van der Waals surface area contributed by atoms with Gasteiger partial charge in [-0.3, -0.25) is 0 Å². The summed E-state index contributed by atoms with van der Waals surface area (Å²) in [6.45, 7) is 0. The van der Waals surface area contributed by atoms with Gasteiger partial charge in [-0.15, -0.1) is 0 Å². The number of anilines is 2. The van der Waals surface area contributed by atoms with E-state index in [9.17, 15) is 26.3 Å². The summed E-state index contributed by atoms with van der Waals surface area (Å²) < 4.78 is 90.5. The van der Waals surface area contributed by atoms with Gasteiger partial charge in [-0.1, -0.05) is 23.2 Å². The molecule has 12 heteroatoms. The highest BCUT2D eigenvalue weighted by atomic mass is 35.5. The Morgan fingerprint density at radius 1 is 0.562 bits per heavy atom. The van der Waals surface area contributed by atoms with Crippen LogP contribution in [0.5, 0.6) is 23.0 Å². The van der Waals surface area contributed by atoms with Crippen LogP contribution in [0.1, 0.15) is 11.1 Å². The molecule has 3 rings (SSSR count). The molecule has 0 spiro atoms. The summed E-state index contributed by atoms with van der Waals surface area (Å²) in [6, 6.07) is 7.67. The van der Waals surface area contributed by atoms with Gasteiger partial charge in [-0.25, -0.2) is 0 Å². The lowest BCUT2D eigenvalue weighted by molar-refractivity contribution is -0.139. The standard InChI is InChI=1S/C20H12Cl2F6N2O2/c21-13-7-14(22)18(32-16-4-2-10(30)6-12(16)20(26,27)28)8-17(13)31-15-3-1-9(29)5-11(15)19(23,24)25/h1-8H,29-30H2. The van der Waals surface area contributed by atoms with Crippen molar-refractivity contribution in [3.8, 4) is 23.0 Å². The zero-order valence-electron chi connectivity index (χ0n) is 15.6. The summed E-state index contributed by atoms with van der Waals surface area (Å²) in [4.78, 5) is 0. The summed E-state index contributed by atoms with van der Waals surface area (Å²) in [5, 5.41) is -0.415. The van der Waals surface area contributed by atoms with Crippen molar-refractivity contribution in [2.24, 2.45) is 0 Å². The van der Waals surface area contributed by atoms with E-state index >= 15 is 0 Å². The Balaban J connectivity index is 2.03. The molecule has 3 aromatic carbocycles. The van der Waals surface area contributed by atoms with E-state index in [-0.39, 0.29) is 32.9 Å². The van der Waals surface area contributed by atoms with Crippen LogP contribution in [0.25, 0.3) is 0 Å². The first-order valence-corrected chi connectivity index (χ1v) is 9.29. The van der Waals surface area contributed by atoms with Crippen LogP contribution in [-0.2, 0) is 12.4 Å². The second-order valence-corrected chi connectivity index (χ2v) is 7.24. The van der Waals surface area contributed by atoms with Crippen LogP contribution in [0.15, 0.2) is 48.5 Å². The average Bonchev–Trinajstić information content (AvgIpc) is 2.66. The molecule has 0 bridgehead atoms. The summed E-state index contributed by atoms with van der Waals surface area (Å²) >= 11 is 12.0. The van der Waals surface area contributed by atoms with Gasteiger partial charge in [0.1, 0.15) is 34.1 Å². The highest BCUT2D eigenvalue weighted by molar-refractivity contribution is 6.36. The zero-order valence-corrected chi connectivity index (χ0v) is 17.1. The molecule has 0 atom stereocenters.